The van der Waals surface area contributed by atoms with E-state index in [-0.39, 0.29) is 6.03 Å². The highest BCUT2D eigenvalue weighted by molar-refractivity contribution is 5.73. The summed E-state index contributed by atoms with van der Waals surface area (Å²) in [5.74, 6) is 0. The van der Waals surface area contributed by atoms with Gasteiger partial charge in [0, 0.05) is 25.3 Å². The van der Waals surface area contributed by atoms with Crippen LogP contribution in [-0.4, -0.2) is 30.1 Å². The van der Waals surface area contributed by atoms with Crippen LogP contribution in [0.25, 0.3) is 0 Å². The standard InChI is InChI=1S/C11H17N5O/c17-11(14-8-10-4-6-15-16-10)13-7-9-3-1-2-5-12-9/h1-3,5,10,15-16H,4,6-8H2,(H2,13,14,17). The first-order valence-corrected chi connectivity index (χ1v) is 5.74. The number of carbonyl (C=O) groups is 1. The molecule has 0 bridgehead atoms. The van der Waals surface area contributed by atoms with Gasteiger partial charge in [-0.25, -0.2) is 4.79 Å². The van der Waals surface area contributed by atoms with Crippen LogP contribution >= 0.6 is 0 Å². The summed E-state index contributed by atoms with van der Waals surface area (Å²) in [5, 5.41) is 5.58. The lowest BCUT2D eigenvalue weighted by Crippen LogP contribution is -2.43. The van der Waals surface area contributed by atoms with E-state index < -0.39 is 0 Å². The molecule has 6 heteroatoms. The molecule has 17 heavy (non-hydrogen) atoms. The largest absolute Gasteiger partial charge is 0.337 e. The maximum absolute atomic E-state index is 11.5. The van der Waals surface area contributed by atoms with E-state index in [0.29, 0.717) is 19.1 Å². The lowest BCUT2D eigenvalue weighted by atomic mass is 10.2. The van der Waals surface area contributed by atoms with Gasteiger partial charge in [0.25, 0.3) is 0 Å². The van der Waals surface area contributed by atoms with Gasteiger partial charge in [-0.05, 0) is 18.6 Å². The minimum absolute atomic E-state index is 0.163. The molecule has 6 nitrogen and oxygen atoms in total. The molecule has 4 N–H and O–H groups in total. The molecular formula is C11H17N5O. The van der Waals surface area contributed by atoms with Crippen LogP contribution in [0.3, 0.4) is 0 Å². The number of hydrogen-bond acceptors (Lipinski definition) is 4. The molecule has 2 heterocycles. The Bertz CT molecular complexity index is 350. The Kier molecular flexibility index (Phi) is 4.29. The number of rotatable bonds is 4. The summed E-state index contributed by atoms with van der Waals surface area (Å²) in [6, 6.07) is 5.78. The van der Waals surface area contributed by atoms with Gasteiger partial charge in [0.15, 0.2) is 0 Å². The Hall–Kier alpha value is -1.66. The predicted octanol–water partition coefficient (Wildman–Crippen LogP) is -0.253. The molecule has 0 aromatic carbocycles. The number of hydrogen-bond donors (Lipinski definition) is 4. The van der Waals surface area contributed by atoms with Crippen LogP contribution in [0.15, 0.2) is 24.4 Å². The summed E-state index contributed by atoms with van der Waals surface area (Å²) in [6.45, 7) is 2.02. The minimum atomic E-state index is -0.163. The molecule has 1 aromatic heterocycles. The molecule has 1 unspecified atom stereocenters. The van der Waals surface area contributed by atoms with E-state index in [1.165, 1.54) is 0 Å². The van der Waals surface area contributed by atoms with Crippen molar-refractivity contribution in [3.63, 3.8) is 0 Å². The zero-order chi connectivity index (χ0) is 11.9. The number of hydrazine groups is 1. The number of amides is 2. The molecule has 0 saturated carbocycles. The highest BCUT2D eigenvalue weighted by atomic mass is 16.2. The van der Waals surface area contributed by atoms with Gasteiger partial charge in [-0.2, -0.15) is 0 Å². The van der Waals surface area contributed by atoms with Crippen molar-refractivity contribution in [2.45, 2.75) is 19.0 Å². The maximum Gasteiger partial charge on any atom is 0.315 e. The van der Waals surface area contributed by atoms with Crippen LogP contribution in [0.2, 0.25) is 0 Å². The monoisotopic (exact) mass is 235 g/mol. The van der Waals surface area contributed by atoms with Gasteiger partial charge < -0.3 is 10.6 Å². The van der Waals surface area contributed by atoms with Gasteiger partial charge in [0.05, 0.1) is 12.2 Å². The topological polar surface area (TPSA) is 78.1 Å². The van der Waals surface area contributed by atoms with Crippen molar-refractivity contribution in [1.29, 1.82) is 0 Å². The highest BCUT2D eigenvalue weighted by Gasteiger charge is 2.13. The molecule has 0 radical (unpaired) electrons. The molecule has 0 spiro atoms. The average Bonchev–Trinajstić information content (AvgIpc) is 2.88. The molecular weight excluding hydrogens is 218 g/mol. The SMILES string of the molecule is O=C(NCc1ccccn1)NCC1CCNN1. The lowest BCUT2D eigenvalue weighted by Gasteiger charge is -2.11. The molecule has 1 aliphatic heterocycles. The Labute approximate surface area is 100 Å². The number of carbonyl (C=O) groups excluding carboxylic acids is 1. The van der Waals surface area contributed by atoms with Gasteiger partial charge in [-0.15, -0.1) is 0 Å². The normalized spacial score (nSPS) is 18.9. The molecule has 1 saturated heterocycles. The smallest absolute Gasteiger partial charge is 0.315 e. The van der Waals surface area contributed by atoms with E-state index in [9.17, 15) is 4.79 Å². The second kappa shape index (κ2) is 6.17. The second-order valence-electron chi connectivity index (χ2n) is 3.94. The number of nitrogens with zero attached hydrogens (tertiary/aromatic N) is 1. The fourth-order valence-corrected chi connectivity index (χ4v) is 1.64. The Balaban J connectivity index is 1.64. The third-order valence-corrected chi connectivity index (χ3v) is 2.59. The van der Waals surface area contributed by atoms with Crippen LogP contribution in [-0.2, 0) is 6.54 Å². The Morgan fingerprint density at radius 1 is 1.47 bits per heavy atom. The van der Waals surface area contributed by atoms with E-state index in [2.05, 4.69) is 26.5 Å². The summed E-state index contributed by atoms with van der Waals surface area (Å²) >= 11 is 0. The molecule has 1 atom stereocenters. The van der Waals surface area contributed by atoms with E-state index in [1.54, 1.807) is 6.20 Å². The van der Waals surface area contributed by atoms with E-state index >= 15 is 0 Å². The summed E-state index contributed by atoms with van der Waals surface area (Å²) in [4.78, 5) is 15.6. The van der Waals surface area contributed by atoms with Gasteiger partial charge in [0.1, 0.15) is 0 Å². The van der Waals surface area contributed by atoms with E-state index in [4.69, 9.17) is 0 Å². The predicted molar refractivity (Wildman–Crippen MR) is 64.0 cm³/mol. The second-order valence-corrected chi connectivity index (χ2v) is 3.94. The van der Waals surface area contributed by atoms with E-state index in [0.717, 1.165) is 18.7 Å². The fourth-order valence-electron chi connectivity index (χ4n) is 1.64. The first-order chi connectivity index (χ1) is 8.34. The fraction of sp³-hybridized carbons (Fsp3) is 0.455. The van der Waals surface area contributed by atoms with Gasteiger partial charge >= 0.3 is 6.03 Å². The molecule has 0 aliphatic carbocycles. The average molecular weight is 235 g/mol. The maximum atomic E-state index is 11.5. The Morgan fingerprint density at radius 2 is 2.41 bits per heavy atom. The molecule has 2 amide bonds. The molecule has 2 rings (SSSR count). The zero-order valence-electron chi connectivity index (χ0n) is 9.57. The molecule has 1 aromatic rings. The van der Waals surface area contributed by atoms with Crippen LogP contribution in [0, 0.1) is 0 Å². The highest BCUT2D eigenvalue weighted by Crippen LogP contribution is 1.94. The summed E-state index contributed by atoms with van der Waals surface area (Å²) in [7, 11) is 0. The van der Waals surface area contributed by atoms with Crippen molar-refractivity contribution in [3.8, 4) is 0 Å². The minimum Gasteiger partial charge on any atom is -0.337 e. The van der Waals surface area contributed by atoms with Gasteiger partial charge in [-0.3, -0.25) is 15.8 Å². The van der Waals surface area contributed by atoms with Crippen LogP contribution in [0.4, 0.5) is 4.79 Å². The van der Waals surface area contributed by atoms with Crippen molar-refractivity contribution in [3.05, 3.63) is 30.1 Å². The van der Waals surface area contributed by atoms with Crippen molar-refractivity contribution in [2.75, 3.05) is 13.1 Å². The van der Waals surface area contributed by atoms with Gasteiger partial charge in [-0.1, -0.05) is 6.07 Å². The Morgan fingerprint density at radius 3 is 3.12 bits per heavy atom. The van der Waals surface area contributed by atoms with Crippen molar-refractivity contribution >= 4 is 6.03 Å². The van der Waals surface area contributed by atoms with E-state index in [1.807, 2.05) is 18.2 Å². The van der Waals surface area contributed by atoms with Crippen molar-refractivity contribution in [1.82, 2.24) is 26.5 Å². The lowest BCUT2D eigenvalue weighted by molar-refractivity contribution is 0.239. The van der Waals surface area contributed by atoms with Gasteiger partial charge in [0.2, 0.25) is 0 Å². The zero-order valence-corrected chi connectivity index (χ0v) is 9.57. The molecule has 92 valence electrons. The number of pyridine rings is 1. The number of aromatic nitrogens is 1. The van der Waals surface area contributed by atoms with Crippen LogP contribution < -0.4 is 21.5 Å². The quantitative estimate of drug-likeness (QED) is 0.580. The van der Waals surface area contributed by atoms with Crippen molar-refractivity contribution in [2.24, 2.45) is 0 Å². The summed E-state index contributed by atoms with van der Waals surface area (Å²) in [5.41, 5.74) is 6.95. The third kappa shape index (κ3) is 4.01. The third-order valence-electron chi connectivity index (χ3n) is 2.59. The van der Waals surface area contributed by atoms with Crippen molar-refractivity contribution < 1.29 is 4.79 Å². The first-order valence-electron chi connectivity index (χ1n) is 5.74. The van der Waals surface area contributed by atoms with Crippen LogP contribution in [0.5, 0.6) is 0 Å². The number of urea groups is 1. The summed E-state index contributed by atoms with van der Waals surface area (Å²) < 4.78 is 0. The number of nitrogens with one attached hydrogen (secondary N) is 4. The summed E-state index contributed by atoms with van der Waals surface area (Å²) in [6.07, 6.45) is 2.74. The van der Waals surface area contributed by atoms with Crippen LogP contribution in [0.1, 0.15) is 12.1 Å². The first kappa shape index (κ1) is 11.8. The molecule has 1 fully saturated rings. The molecule has 1 aliphatic rings.